The SMILES string of the molecule is CC(c1nc(-c2ccccc2)no1)N1CCN(Cc2ccnc(Cl)c2)CC1. The van der Waals surface area contributed by atoms with Crippen LogP contribution in [0.1, 0.15) is 24.4 Å². The van der Waals surface area contributed by atoms with E-state index in [1.54, 1.807) is 6.20 Å². The molecule has 0 saturated carbocycles. The smallest absolute Gasteiger partial charge is 0.244 e. The van der Waals surface area contributed by atoms with Gasteiger partial charge in [0.05, 0.1) is 6.04 Å². The molecule has 4 rings (SSSR count). The fourth-order valence-electron chi connectivity index (χ4n) is 3.37. The summed E-state index contributed by atoms with van der Waals surface area (Å²) in [6.45, 7) is 6.92. The van der Waals surface area contributed by atoms with Gasteiger partial charge in [-0.2, -0.15) is 4.98 Å². The van der Waals surface area contributed by atoms with Gasteiger partial charge in [0.1, 0.15) is 5.15 Å². The van der Waals surface area contributed by atoms with Gasteiger partial charge in [-0.05, 0) is 24.6 Å². The Hall–Kier alpha value is -2.28. The average Bonchev–Trinajstić information content (AvgIpc) is 3.19. The molecule has 27 heavy (non-hydrogen) atoms. The third-order valence-electron chi connectivity index (χ3n) is 4.98. The van der Waals surface area contributed by atoms with Gasteiger partial charge >= 0.3 is 0 Å². The van der Waals surface area contributed by atoms with Crippen LogP contribution < -0.4 is 0 Å². The van der Waals surface area contributed by atoms with Crippen LogP contribution in [0.3, 0.4) is 0 Å². The van der Waals surface area contributed by atoms with Crippen LogP contribution in [0.25, 0.3) is 11.4 Å². The van der Waals surface area contributed by atoms with Gasteiger partial charge in [0.2, 0.25) is 11.7 Å². The molecule has 1 aliphatic heterocycles. The Morgan fingerprint density at radius 3 is 2.63 bits per heavy atom. The van der Waals surface area contributed by atoms with E-state index in [1.807, 2.05) is 42.5 Å². The van der Waals surface area contributed by atoms with Crippen LogP contribution in [0, 0.1) is 0 Å². The number of benzene rings is 1. The van der Waals surface area contributed by atoms with Crippen LogP contribution in [0.15, 0.2) is 53.2 Å². The van der Waals surface area contributed by atoms with Gasteiger partial charge in [-0.25, -0.2) is 4.98 Å². The molecule has 1 aliphatic rings. The van der Waals surface area contributed by atoms with Crippen molar-refractivity contribution in [1.29, 1.82) is 0 Å². The van der Waals surface area contributed by atoms with Crippen molar-refractivity contribution in [1.82, 2.24) is 24.9 Å². The summed E-state index contributed by atoms with van der Waals surface area (Å²) >= 11 is 5.98. The van der Waals surface area contributed by atoms with Crippen molar-refractivity contribution in [3.63, 3.8) is 0 Å². The monoisotopic (exact) mass is 383 g/mol. The molecule has 0 bridgehead atoms. The van der Waals surface area contributed by atoms with Crippen LogP contribution in [-0.2, 0) is 6.54 Å². The Labute approximate surface area is 163 Å². The van der Waals surface area contributed by atoms with Crippen molar-refractivity contribution in [2.75, 3.05) is 26.2 Å². The summed E-state index contributed by atoms with van der Waals surface area (Å²) in [5.41, 5.74) is 2.17. The van der Waals surface area contributed by atoms with E-state index in [9.17, 15) is 0 Å². The summed E-state index contributed by atoms with van der Waals surface area (Å²) in [5.74, 6) is 1.31. The number of nitrogens with zero attached hydrogens (tertiary/aromatic N) is 5. The number of rotatable bonds is 5. The molecule has 1 atom stereocenters. The first-order valence-corrected chi connectivity index (χ1v) is 9.53. The van der Waals surface area contributed by atoms with E-state index in [1.165, 1.54) is 5.56 Å². The zero-order valence-corrected chi connectivity index (χ0v) is 16.0. The maximum atomic E-state index is 5.98. The van der Waals surface area contributed by atoms with Crippen LogP contribution in [0.4, 0.5) is 0 Å². The molecule has 3 aromatic rings. The molecular formula is C20H22ClN5O. The van der Waals surface area contributed by atoms with Gasteiger partial charge in [-0.15, -0.1) is 0 Å². The van der Waals surface area contributed by atoms with E-state index in [0.29, 0.717) is 16.9 Å². The molecule has 7 heteroatoms. The highest BCUT2D eigenvalue weighted by molar-refractivity contribution is 6.29. The Balaban J connectivity index is 1.35. The Morgan fingerprint density at radius 1 is 1.11 bits per heavy atom. The minimum Gasteiger partial charge on any atom is -0.337 e. The minimum absolute atomic E-state index is 0.104. The molecule has 1 unspecified atom stereocenters. The quantitative estimate of drug-likeness (QED) is 0.626. The maximum absolute atomic E-state index is 5.98. The first kappa shape index (κ1) is 18.1. The van der Waals surface area contributed by atoms with E-state index in [0.717, 1.165) is 38.3 Å². The summed E-state index contributed by atoms with van der Waals surface area (Å²) in [7, 11) is 0. The number of piperazine rings is 1. The van der Waals surface area contributed by atoms with E-state index < -0.39 is 0 Å². The lowest BCUT2D eigenvalue weighted by atomic mass is 10.2. The molecule has 0 N–H and O–H groups in total. The first-order chi connectivity index (χ1) is 13.2. The summed E-state index contributed by atoms with van der Waals surface area (Å²) in [6, 6.07) is 14.0. The number of hydrogen-bond acceptors (Lipinski definition) is 6. The fourth-order valence-corrected chi connectivity index (χ4v) is 3.57. The third-order valence-corrected chi connectivity index (χ3v) is 5.19. The minimum atomic E-state index is 0.104. The van der Waals surface area contributed by atoms with Crippen LogP contribution in [-0.4, -0.2) is 51.1 Å². The third kappa shape index (κ3) is 4.35. The first-order valence-electron chi connectivity index (χ1n) is 9.15. The van der Waals surface area contributed by atoms with Gasteiger partial charge in [0.25, 0.3) is 0 Å². The Bertz CT molecular complexity index is 877. The lowest BCUT2D eigenvalue weighted by molar-refractivity contribution is 0.0845. The van der Waals surface area contributed by atoms with Crippen molar-refractivity contribution in [3.8, 4) is 11.4 Å². The molecule has 1 fully saturated rings. The largest absolute Gasteiger partial charge is 0.337 e. The summed E-state index contributed by atoms with van der Waals surface area (Å²) < 4.78 is 5.53. The molecule has 3 heterocycles. The highest BCUT2D eigenvalue weighted by atomic mass is 35.5. The van der Waals surface area contributed by atoms with E-state index in [4.69, 9.17) is 16.1 Å². The summed E-state index contributed by atoms with van der Waals surface area (Å²) in [6.07, 6.45) is 1.76. The molecule has 0 amide bonds. The molecule has 6 nitrogen and oxygen atoms in total. The lowest BCUT2D eigenvalue weighted by Crippen LogP contribution is -2.46. The van der Waals surface area contributed by atoms with Gasteiger partial charge in [-0.1, -0.05) is 47.1 Å². The van der Waals surface area contributed by atoms with Crippen LogP contribution in [0.2, 0.25) is 5.15 Å². The van der Waals surface area contributed by atoms with Crippen molar-refractivity contribution >= 4 is 11.6 Å². The van der Waals surface area contributed by atoms with E-state index >= 15 is 0 Å². The molecule has 0 aliphatic carbocycles. The van der Waals surface area contributed by atoms with E-state index in [-0.39, 0.29) is 6.04 Å². The fraction of sp³-hybridized carbons (Fsp3) is 0.350. The predicted molar refractivity (Wildman–Crippen MR) is 104 cm³/mol. The van der Waals surface area contributed by atoms with Gasteiger partial charge < -0.3 is 4.52 Å². The highest BCUT2D eigenvalue weighted by Crippen LogP contribution is 2.23. The maximum Gasteiger partial charge on any atom is 0.244 e. The topological polar surface area (TPSA) is 58.3 Å². The molecule has 2 aromatic heterocycles. The van der Waals surface area contributed by atoms with Crippen LogP contribution in [0.5, 0.6) is 0 Å². The second kappa shape index (κ2) is 8.17. The Morgan fingerprint density at radius 2 is 1.89 bits per heavy atom. The number of hydrogen-bond donors (Lipinski definition) is 0. The number of halogens is 1. The molecule has 0 radical (unpaired) electrons. The number of aromatic nitrogens is 3. The van der Waals surface area contributed by atoms with E-state index in [2.05, 4.69) is 31.8 Å². The summed E-state index contributed by atoms with van der Waals surface area (Å²) in [4.78, 5) is 13.5. The zero-order chi connectivity index (χ0) is 18.6. The van der Waals surface area contributed by atoms with Crippen molar-refractivity contribution in [2.45, 2.75) is 19.5 Å². The summed E-state index contributed by atoms with van der Waals surface area (Å²) in [5, 5.41) is 4.69. The van der Waals surface area contributed by atoms with Gasteiger partial charge in [0, 0.05) is 44.5 Å². The number of pyridine rings is 1. The van der Waals surface area contributed by atoms with Gasteiger partial charge in [0.15, 0.2) is 0 Å². The molecule has 1 saturated heterocycles. The predicted octanol–water partition coefficient (Wildman–Crippen LogP) is 3.66. The lowest BCUT2D eigenvalue weighted by Gasteiger charge is -2.36. The molecule has 140 valence electrons. The average molecular weight is 384 g/mol. The van der Waals surface area contributed by atoms with Crippen molar-refractivity contribution < 1.29 is 4.52 Å². The Kier molecular flexibility index (Phi) is 5.48. The second-order valence-corrected chi connectivity index (χ2v) is 7.18. The van der Waals surface area contributed by atoms with Crippen molar-refractivity contribution in [2.24, 2.45) is 0 Å². The second-order valence-electron chi connectivity index (χ2n) is 6.80. The van der Waals surface area contributed by atoms with Crippen molar-refractivity contribution in [3.05, 3.63) is 65.3 Å². The highest BCUT2D eigenvalue weighted by Gasteiger charge is 2.26. The molecule has 0 spiro atoms. The molecule has 1 aromatic carbocycles. The normalized spacial score (nSPS) is 17.1. The molecular weight excluding hydrogens is 362 g/mol. The van der Waals surface area contributed by atoms with Gasteiger partial charge in [-0.3, -0.25) is 9.80 Å². The standard InChI is InChI=1S/C20H22ClN5O/c1-15(20-23-19(24-27-20)17-5-3-2-4-6-17)26-11-9-25(10-12-26)14-16-7-8-22-18(21)13-16/h2-8,13,15H,9-12,14H2,1H3. The zero-order valence-electron chi connectivity index (χ0n) is 15.3. The van der Waals surface area contributed by atoms with Crippen LogP contribution >= 0.6 is 11.6 Å².